The van der Waals surface area contributed by atoms with Gasteiger partial charge in [-0.1, -0.05) is 54.2 Å². The molecular weight excluding hydrogens is 432 g/mol. The van der Waals surface area contributed by atoms with Gasteiger partial charge in [-0.3, -0.25) is 4.79 Å². The number of hydrogen-bond donors (Lipinski definition) is 1. The van der Waals surface area contributed by atoms with Gasteiger partial charge in [-0.05, 0) is 35.6 Å². The van der Waals surface area contributed by atoms with Gasteiger partial charge in [-0.15, -0.1) is 10.2 Å². The normalized spacial score (nSPS) is 18.8. The molecule has 1 fully saturated rings. The van der Waals surface area contributed by atoms with Gasteiger partial charge in [-0.25, -0.2) is 8.42 Å². The summed E-state index contributed by atoms with van der Waals surface area (Å²) in [5.41, 5.74) is 1.09. The van der Waals surface area contributed by atoms with Gasteiger partial charge in [0.1, 0.15) is 5.82 Å². The molecule has 164 valence electrons. The van der Waals surface area contributed by atoms with Crippen molar-refractivity contribution < 1.29 is 13.2 Å². The number of aromatic nitrogens is 3. The molecule has 2 atom stereocenters. The fraction of sp³-hybridized carbons (Fsp3) is 0.409. The molecular formula is C22H26N4O3S2. The van der Waals surface area contributed by atoms with Gasteiger partial charge in [0.15, 0.2) is 15.0 Å². The van der Waals surface area contributed by atoms with Gasteiger partial charge in [0.25, 0.3) is 0 Å². The Labute approximate surface area is 186 Å². The van der Waals surface area contributed by atoms with Gasteiger partial charge in [0.2, 0.25) is 5.91 Å². The summed E-state index contributed by atoms with van der Waals surface area (Å²) < 4.78 is 25.2. The van der Waals surface area contributed by atoms with Gasteiger partial charge in [-0.2, -0.15) is 0 Å². The Morgan fingerprint density at radius 3 is 2.77 bits per heavy atom. The van der Waals surface area contributed by atoms with Gasteiger partial charge in [0, 0.05) is 13.5 Å². The van der Waals surface area contributed by atoms with Crippen molar-refractivity contribution in [1.29, 1.82) is 0 Å². The van der Waals surface area contributed by atoms with Gasteiger partial charge < -0.3 is 9.88 Å². The third kappa shape index (κ3) is 5.10. The zero-order valence-electron chi connectivity index (χ0n) is 17.6. The third-order valence-corrected chi connectivity index (χ3v) is 8.58. The molecule has 0 unspecified atom stereocenters. The molecule has 1 N–H and O–H groups in total. The first-order valence-electron chi connectivity index (χ1n) is 10.3. The topological polar surface area (TPSA) is 94.0 Å². The first-order valence-corrected chi connectivity index (χ1v) is 13.1. The lowest BCUT2D eigenvalue weighted by Crippen LogP contribution is -2.28. The fourth-order valence-corrected chi connectivity index (χ4v) is 6.66. The molecule has 1 aliphatic heterocycles. The number of fused-ring (bicyclic) bond motifs is 1. The summed E-state index contributed by atoms with van der Waals surface area (Å²) in [6.45, 7) is 1.99. The van der Waals surface area contributed by atoms with Crippen molar-refractivity contribution in [2.75, 3.05) is 17.3 Å². The number of amides is 1. The minimum Gasteiger partial charge on any atom is -0.349 e. The molecule has 1 amide bonds. The van der Waals surface area contributed by atoms with Gasteiger partial charge in [0.05, 0.1) is 23.3 Å². The molecule has 7 nitrogen and oxygen atoms in total. The summed E-state index contributed by atoms with van der Waals surface area (Å²) in [7, 11) is -1.05. The molecule has 0 bridgehead atoms. The second kappa shape index (κ2) is 9.00. The number of nitrogens with zero attached hydrogens (tertiary/aromatic N) is 3. The zero-order chi connectivity index (χ0) is 22.0. The van der Waals surface area contributed by atoms with Crippen LogP contribution >= 0.6 is 11.8 Å². The van der Waals surface area contributed by atoms with E-state index in [1.54, 1.807) is 0 Å². The minimum absolute atomic E-state index is 0.0723. The quantitative estimate of drug-likeness (QED) is 0.547. The van der Waals surface area contributed by atoms with Crippen molar-refractivity contribution in [1.82, 2.24) is 20.1 Å². The predicted molar refractivity (Wildman–Crippen MR) is 123 cm³/mol. The Kier molecular flexibility index (Phi) is 6.34. The van der Waals surface area contributed by atoms with Crippen molar-refractivity contribution in [3.63, 3.8) is 0 Å². The molecule has 2 aromatic carbocycles. The lowest BCUT2D eigenvalue weighted by Gasteiger charge is -2.16. The molecule has 1 saturated heterocycles. The monoisotopic (exact) mass is 458 g/mol. The molecule has 4 rings (SSSR count). The number of carbonyl (C=O) groups excluding carboxylic acids is 1. The van der Waals surface area contributed by atoms with Crippen molar-refractivity contribution in [3.05, 3.63) is 53.9 Å². The largest absolute Gasteiger partial charge is 0.349 e. The number of rotatable bonds is 7. The van der Waals surface area contributed by atoms with Crippen molar-refractivity contribution in [2.24, 2.45) is 13.0 Å². The summed E-state index contributed by atoms with van der Waals surface area (Å²) >= 11 is 1.33. The molecule has 0 radical (unpaired) electrons. The molecule has 3 aromatic rings. The van der Waals surface area contributed by atoms with E-state index in [0.717, 1.165) is 22.2 Å². The summed E-state index contributed by atoms with van der Waals surface area (Å²) in [4.78, 5) is 12.5. The van der Waals surface area contributed by atoms with E-state index < -0.39 is 9.84 Å². The number of carbonyl (C=O) groups is 1. The summed E-state index contributed by atoms with van der Waals surface area (Å²) in [5, 5.41) is 14.4. The summed E-state index contributed by atoms with van der Waals surface area (Å²) in [5.74, 6) is 1.49. The van der Waals surface area contributed by atoms with Crippen LogP contribution in [0.3, 0.4) is 0 Å². The molecule has 0 saturated carbocycles. The second-order valence-electron chi connectivity index (χ2n) is 8.08. The van der Waals surface area contributed by atoms with E-state index in [1.165, 1.54) is 11.8 Å². The highest BCUT2D eigenvalue weighted by Crippen LogP contribution is 2.25. The fourth-order valence-electron chi connectivity index (χ4n) is 4.06. The lowest BCUT2D eigenvalue weighted by molar-refractivity contribution is -0.119. The van der Waals surface area contributed by atoms with Crippen LogP contribution in [-0.2, 0) is 28.1 Å². The maximum Gasteiger partial charge on any atom is 0.230 e. The van der Waals surface area contributed by atoms with Crippen LogP contribution < -0.4 is 5.32 Å². The van der Waals surface area contributed by atoms with Crippen LogP contribution in [0.25, 0.3) is 10.8 Å². The van der Waals surface area contributed by atoms with Crippen LogP contribution in [0.1, 0.15) is 30.8 Å². The zero-order valence-corrected chi connectivity index (χ0v) is 19.2. The molecule has 1 aliphatic rings. The molecule has 0 spiro atoms. The first kappa shape index (κ1) is 21.8. The Morgan fingerprint density at radius 1 is 1.23 bits per heavy atom. The van der Waals surface area contributed by atoms with E-state index in [1.807, 2.05) is 42.8 Å². The Bertz CT molecular complexity index is 1200. The Morgan fingerprint density at radius 2 is 2.00 bits per heavy atom. The first-order chi connectivity index (χ1) is 14.8. The van der Waals surface area contributed by atoms with Crippen LogP contribution in [0.15, 0.2) is 47.6 Å². The molecule has 1 aromatic heterocycles. The van der Waals surface area contributed by atoms with Crippen molar-refractivity contribution in [2.45, 2.75) is 31.0 Å². The van der Waals surface area contributed by atoms with Crippen molar-refractivity contribution in [3.8, 4) is 0 Å². The molecule has 9 heteroatoms. The van der Waals surface area contributed by atoms with E-state index in [2.05, 4.69) is 33.7 Å². The van der Waals surface area contributed by atoms with Crippen LogP contribution in [0.4, 0.5) is 0 Å². The van der Waals surface area contributed by atoms with E-state index in [9.17, 15) is 13.2 Å². The van der Waals surface area contributed by atoms with E-state index in [-0.39, 0.29) is 35.1 Å². The highest BCUT2D eigenvalue weighted by atomic mass is 32.2. The number of hydrogen-bond acceptors (Lipinski definition) is 6. The average Bonchev–Trinajstić information content (AvgIpc) is 3.27. The van der Waals surface area contributed by atoms with Crippen molar-refractivity contribution >= 4 is 38.3 Å². The standard InChI is InChI=1S/C22H26N4O3S2/c1-15(18-9-5-7-17-6-3-4-8-19(17)18)23-21(27)13-30-22-25-24-20(26(22)2)12-16-10-11-31(28,29)14-16/h3-9,15-16H,10-14H2,1-2H3,(H,23,27)/t15-,16+/m0/s1. The lowest BCUT2D eigenvalue weighted by atomic mass is 10.00. The highest BCUT2D eigenvalue weighted by Gasteiger charge is 2.29. The number of sulfone groups is 1. The number of benzene rings is 2. The maximum absolute atomic E-state index is 12.5. The smallest absolute Gasteiger partial charge is 0.230 e. The SMILES string of the molecule is C[C@H](NC(=O)CSc1nnc(C[C@H]2CCS(=O)(=O)C2)n1C)c1cccc2ccccc12. The third-order valence-electron chi connectivity index (χ3n) is 5.72. The van der Waals surface area contributed by atoms with Gasteiger partial charge >= 0.3 is 0 Å². The molecule has 2 heterocycles. The van der Waals surface area contributed by atoms with Crippen LogP contribution in [0.5, 0.6) is 0 Å². The van der Waals surface area contributed by atoms with E-state index in [0.29, 0.717) is 18.0 Å². The van der Waals surface area contributed by atoms with Crippen LogP contribution in [0, 0.1) is 5.92 Å². The minimum atomic E-state index is -2.91. The predicted octanol–water partition coefficient (Wildman–Crippen LogP) is 2.92. The molecule has 31 heavy (non-hydrogen) atoms. The Hall–Kier alpha value is -2.39. The number of nitrogens with one attached hydrogen (secondary N) is 1. The maximum atomic E-state index is 12.5. The summed E-state index contributed by atoms with van der Waals surface area (Å²) in [6.07, 6.45) is 1.26. The van der Waals surface area contributed by atoms with E-state index >= 15 is 0 Å². The van der Waals surface area contributed by atoms with Crippen LogP contribution in [0.2, 0.25) is 0 Å². The second-order valence-corrected chi connectivity index (χ2v) is 11.2. The summed E-state index contributed by atoms with van der Waals surface area (Å²) in [6, 6.07) is 14.1. The Balaban J connectivity index is 1.34. The van der Waals surface area contributed by atoms with Crippen LogP contribution in [-0.4, -0.2) is 46.3 Å². The highest BCUT2D eigenvalue weighted by molar-refractivity contribution is 7.99. The average molecular weight is 459 g/mol. The number of thioether (sulfide) groups is 1. The van der Waals surface area contributed by atoms with E-state index in [4.69, 9.17) is 0 Å². The molecule has 0 aliphatic carbocycles.